The van der Waals surface area contributed by atoms with Crippen LogP contribution in [0.4, 0.5) is 11.6 Å². The van der Waals surface area contributed by atoms with Gasteiger partial charge in [-0.15, -0.1) is 0 Å². The summed E-state index contributed by atoms with van der Waals surface area (Å²) in [5, 5.41) is 11.7. The minimum absolute atomic E-state index is 0.169. The molecule has 3 aromatic rings. The number of nitrogen functional groups attached to an aromatic ring is 1. The van der Waals surface area contributed by atoms with Crippen LogP contribution in [0.25, 0.3) is 11.3 Å². The lowest BCUT2D eigenvalue weighted by Crippen LogP contribution is -2.51. The first-order valence-electron chi connectivity index (χ1n) is 12.8. The number of aromatic nitrogens is 2. The predicted octanol–water partition coefficient (Wildman–Crippen LogP) is 5.85. The van der Waals surface area contributed by atoms with E-state index in [2.05, 4.69) is 25.9 Å². The van der Waals surface area contributed by atoms with Crippen LogP contribution in [-0.4, -0.2) is 40.2 Å². The zero-order chi connectivity index (χ0) is 28.2. The van der Waals surface area contributed by atoms with Crippen molar-refractivity contribution >= 4 is 52.4 Å². The first-order chi connectivity index (χ1) is 18.5. The molecule has 2 unspecified atom stereocenters. The van der Waals surface area contributed by atoms with Crippen molar-refractivity contribution in [3.05, 3.63) is 68.8 Å². The monoisotopic (exact) mass is 590 g/mol. The number of hydrogen-bond donors (Lipinski definition) is 4. The Hall–Kier alpha value is -2.62. The number of carbonyl (C=O) groups excluding carboxylic acids is 1. The van der Waals surface area contributed by atoms with E-state index in [1.165, 1.54) is 0 Å². The molecule has 11 heteroatoms. The molecule has 1 fully saturated rings. The molecule has 2 aromatic carbocycles. The van der Waals surface area contributed by atoms with Crippen LogP contribution in [0.1, 0.15) is 44.7 Å². The first kappa shape index (κ1) is 29.4. The molecular weight excluding hydrogens is 559 g/mol. The number of esters is 1. The van der Waals surface area contributed by atoms with Crippen LogP contribution >= 0.6 is 34.8 Å². The van der Waals surface area contributed by atoms with Gasteiger partial charge in [-0.2, -0.15) is 0 Å². The SMILES string of the molecule is CC(C)(C)OC(=O)C1CC(NCc2ccc(-c3cnc(N)c(NCc4c(Cl)cccc4Cl)n3)cc2Cl)CCN1. The van der Waals surface area contributed by atoms with Gasteiger partial charge in [0, 0.05) is 45.3 Å². The minimum Gasteiger partial charge on any atom is -0.459 e. The number of carbonyl (C=O) groups is 1. The summed E-state index contributed by atoms with van der Waals surface area (Å²) >= 11 is 19.2. The largest absolute Gasteiger partial charge is 0.459 e. The highest BCUT2D eigenvalue weighted by molar-refractivity contribution is 6.36. The molecule has 2 heterocycles. The summed E-state index contributed by atoms with van der Waals surface area (Å²) in [7, 11) is 0. The second-order valence-corrected chi connectivity index (χ2v) is 11.7. The number of rotatable bonds is 8. The number of benzene rings is 2. The van der Waals surface area contributed by atoms with Gasteiger partial charge in [0.1, 0.15) is 11.6 Å². The number of nitrogens with zero attached hydrogens (tertiary/aromatic N) is 2. The van der Waals surface area contributed by atoms with E-state index in [1.807, 2.05) is 39.0 Å². The molecule has 39 heavy (non-hydrogen) atoms. The molecule has 0 radical (unpaired) electrons. The maximum absolute atomic E-state index is 12.5. The summed E-state index contributed by atoms with van der Waals surface area (Å²) in [5.41, 5.74) is 8.68. The van der Waals surface area contributed by atoms with Crippen LogP contribution in [0.15, 0.2) is 42.6 Å². The molecule has 0 saturated carbocycles. The predicted molar refractivity (Wildman–Crippen MR) is 158 cm³/mol. The summed E-state index contributed by atoms with van der Waals surface area (Å²) in [4.78, 5) is 21.4. The fraction of sp³-hybridized carbons (Fsp3) is 0.393. The van der Waals surface area contributed by atoms with E-state index in [4.69, 9.17) is 45.3 Å². The summed E-state index contributed by atoms with van der Waals surface area (Å²) < 4.78 is 5.54. The number of hydrogen-bond acceptors (Lipinski definition) is 8. The number of halogens is 3. The van der Waals surface area contributed by atoms with Crippen molar-refractivity contribution in [1.82, 2.24) is 20.6 Å². The van der Waals surface area contributed by atoms with Crippen LogP contribution < -0.4 is 21.7 Å². The van der Waals surface area contributed by atoms with Crippen LogP contribution in [-0.2, 0) is 22.6 Å². The van der Waals surface area contributed by atoms with Crippen molar-refractivity contribution in [2.75, 3.05) is 17.6 Å². The van der Waals surface area contributed by atoms with E-state index in [1.54, 1.807) is 24.4 Å². The molecule has 2 atom stereocenters. The van der Waals surface area contributed by atoms with Crippen molar-refractivity contribution in [3.63, 3.8) is 0 Å². The molecule has 0 amide bonds. The van der Waals surface area contributed by atoms with Crippen LogP contribution in [0.2, 0.25) is 15.1 Å². The van der Waals surface area contributed by atoms with E-state index in [0.717, 1.165) is 29.7 Å². The topological polar surface area (TPSA) is 114 Å². The molecule has 1 aliphatic heterocycles. The third kappa shape index (κ3) is 7.96. The third-order valence-corrected chi connectivity index (χ3v) is 7.38. The van der Waals surface area contributed by atoms with Crippen LogP contribution in [0.3, 0.4) is 0 Å². The third-order valence-electron chi connectivity index (χ3n) is 6.32. The van der Waals surface area contributed by atoms with E-state index in [0.29, 0.717) is 46.1 Å². The Morgan fingerprint density at radius 3 is 2.56 bits per heavy atom. The molecule has 1 saturated heterocycles. The molecule has 0 spiro atoms. The summed E-state index contributed by atoms with van der Waals surface area (Å²) in [6, 6.07) is 11.0. The Balaban J connectivity index is 1.39. The number of nitrogens with one attached hydrogen (secondary N) is 3. The van der Waals surface area contributed by atoms with E-state index in [-0.39, 0.29) is 23.9 Å². The Morgan fingerprint density at radius 2 is 1.87 bits per heavy atom. The Morgan fingerprint density at radius 1 is 1.13 bits per heavy atom. The van der Waals surface area contributed by atoms with E-state index < -0.39 is 5.60 Å². The van der Waals surface area contributed by atoms with Gasteiger partial charge in [0.05, 0.1) is 11.9 Å². The molecule has 0 bridgehead atoms. The highest BCUT2D eigenvalue weighted by atomic mass is 35.5. The van der Waals surface area contributed by atoms with Gasteiger partial charge in [-0.25, -0.2) is 9.97 Å². The molecule has 8 nitrogen and oxygen atoms in total. The first-order valence-corrected chi connectivity index (χ1v) is 13.9. The van der Waals surface area contributed by atoms with Gasteiger partial charge in [-0.05, 0) is 63.9 Å². The fourth-order valence-electron chi connectivity index (χ4n) is 4.30. The van der Waals surface area contributed by atoms with Gasteiger partial charge in [-0.3, -0.25) is 4.79 Å². The lowest BCUT2D eigenvalue weighted by atomic mass is 9.98. The van der Waals surface area contributed by atoms with Gasteiger partial charge < -0.3 is 26.4 Å². The van der Waals surface area contributed by atoms with Crippen molar-refractivity contribution in [2.24, 2.45) is 0 Å². The van der Waals surface area contributed by atoms with Crippen LogP contribution in [0.5, 0.6) is 0 Å². The Kier molecular flexibility index (Phi) is 9.56. The maximum Gasteiger partial charge on any atom is 0.323 e. The summed E-state index contributed by atoms with van der Waals surface area (Å²) in [5.74, 6) is 0.473. The minimum atomic E-state index is -0.510. The van der Waals surface area contributed by atoms with Gasteiger partial charge in [0.2, 0.25) is 0 Å². The van der Waals surface area contributed by atoms with Crippen molar-refractivity contribution in [2.45, 2.75) is 64.4 Å². The van der Waals surface area contributed by atoms with Crippen molar-refractivity contribution in [3.8, 4) is 11.3 Å². The van der Waals surface area contributed by atoms with Gasteiger partial charge in [-0.1, -0.05) is 53.0 Å². The smallest absolute Gasteiger partial charge is 0.323 e. The van der Waals surface area contributed by atoms with Crippen LogP contribution in [0, 0.1) is 0 Å². The summed E-state index contributed by atoms with van der Waals surface area (Å²) in [6.45, 7) is 7.28. The molecule has 208 valence electrons. The Labute approximate surface area is 244 Å². The molecule has 1 aliphatic rings. The highest BCUT2D eigenvalue weighted by Crippen LogP contribution is 2.29. The number of ether oxygens (including phenoxy) is 1. The number of piperidine rings is 1. The fourth-order valence-corrected chi connectivity index (χ4v) is 5.08. The average molecular weight is 592 g/mol. The summed E-state index contributed by atoms with van der Waals surface area (Å²) in [6.07, 6.45) is 3.17. The second kappa shape index (κ2) is 12.7. The van der Waals surface area contributed by atoms with E-state index >= 15 is 0 Å². The quantitative estimate of drug-likeness (QED) is 0.241. The zero-order valence-electron chi connectivity index (χ0n) is 22.2. The molecular formula is C28H33Cl3N6O2. The van der Waals surface area contributed by atoms with Gasteiger partial charge in [0.15, 0.2) is 11.6 Å². The molecule has 1 aromatic heterocycles. The highest BCUT2D eigenvalue weighted by Gasteiger charge is 2.30. The van der Waals surface area contributed by atoms with Crippen molar-refractivity contribution in [1.29, 1.82) is 0 Å². The van der Waals surface area contributed by atoms with Gasteiger partial charge in [0.25, 0.3) is 0 Å². The van der Waals surface area contributed by atoms with Gasteiger partial charge >= 0.3 is 5.97 Å². The second-order valence-electron chi connectivity index (χ2n) is 10.5. The number of nitrogens with two attached hydrogens (primary N) is 1. The standard InChI is InChI=1S/C28H33Cl3N6O2/c1-28(2,3)39-27(38)23-12-18(9-10-33-23)34-13-17-8-7-16(11-22(17)31)24-15-35-25(32)26(37-24)36-14-19-20(29)5-4-6-21(19)30/h4-8,11,15,18,23,33-34H,9-10,12-14H2,1-3H3,(H2,32,35)(H,36,37). The number of anilines is 2. The average Bonchev–Trinajstić information content (AvgIpc) is 2.88. The lowest BCUT2D eigenvalue weighted by Gasteiger charge is -2.32. The molecule has 4 rings (SSSR count). The Bertz CT molecular complexity index is 1310. The van der Waals surface area contributed by atoms with E-state index in [9.17, 15) is 4.79 Å². The molecule has 5 N–H and O–H groups in total. The zero-order valence-corrected chi connectivity index (χ0v) is 24.4. The lowest BCUT2D eigenvalue weighted by molar-refractivity contribution is -0.158. The van der Waals surface area contributed by atoms with Crippen molar-refractivity contribution < 1.29 is 9.53 Å². The normalized spacial score (nSPS) is 17.6. The molecule has 0 aliphatic carbocycles. The maximum atomic E-state index is 12.5.